The summed E-state index contributed by atoms with van der Waals surface area (Å²) in [6.07, 6.45) is 1.55. The Hall–Kier alpha value is -2.88. The normalized spacial score (nSPS) is 10.7. The van der Waals surface area contributed by atoms with E-state index >= 15 is 0 Å². The molecule has 0 aliphatic heterocycles. The van der Waals surface area contributed by atoms with Crippen molar-refractivity contribution < 1.29 is 14.6 Å². The summed E-state index contributed by atoms with van der Waals surface area (Å²) in [5.41, 5.74) is 2.92. The summed E-state index contributed by atoms with van der Waals surface area (Å²) in [4.78, 5) is 15.2. The molecule has 2 aromatic carbocycles. The summed E-state index contributed by atoms with van der Waals surface area (Å²) >= 11 is 0. The van der Waals surface area contributed by atoms with Crippen molar-refractivity contribution in [2.45, 2.75) is 25.9 Å². The molecule has 0 spiro atoms. The van der Waals surface area contributed by atoms with Gasteiger partial charge in [0.25, 0.3) is 0 Å². The molecule has 0 unspecified atom stereocenters. The Morgan fingerprint density at radius 2 is 1.92 bits per heavy atom. The third-order valence-electron chi connectivity index (χ3n) is 3.80. The zero-order valence-electron chi connectivity index (χ0n) is 13.3. The van der Waals surface area contributed by atoms with Crippen LogP contribution in [0.15, 0.2) is 60.7 Å². The molecule has 122 valence electrons. The number of carbonyl (C=O) groups is 1. The summed E-state index contributed by atoms with van der Waals surface area (Å²) < 4.78 is 5.83. The average molecular weight is 321 g/mol. The SMILES string of the molecule is O=C(O)CCCc1cccc(OCc2ccc3ccccc3n2)c1. The monoisotopic (exact) mass is 321 g/mol. The molecule has 1 heterocycles. The van der Waals surface area contributed by atoms with Gasteiger partial charge >= 0.3 is 5.97 Å². The van der Waals surface area contributed by atoms with E-state index in [1.807, 2.05) is 60.7 Å². The zero-order chi connectivity index (χ0) is 16.8. The molecule has 1 N–H and O–H groups in total. The number of aryl methyl sites for hydroxylation is 1. The lowest BCUT2D eigenvalue weighted by molar-refractivity contribution is -0.137. The van der Waals surface area contributed by atoms with E-state index in [-0.39, 0.29) is 6.42 Å². The van der Waals surface area contributed by atoms with Crippen LogP contribution in [-0.2, 0) is 17.8 Å². The van der Waals surface area contributed by atoms with E-state index < -0.39 is 5.97 Å². The lowest BCUT2D eigenvalue weighted by atomic mass is 10.1. The molecule has 0 saturated carbocycles. The summed E-state index contributed by atoms with van der Waals surface area (Å²) in [6.45, 7) is 0.406. The summed E-state index contributed by atoms with van der Waals surface area (Å²) in [6, 6.07) is 19.8. The second kappa shape index (κ2) is 7.59. The highest BCUT2D eigenvalue weighted by Gasteiger charge is 2.02. The summed E-state index contributed by atoms with van der Waals surface area (Å²) in [7, 11) is 0. The number of ether oxygens (including phenoxy) is 1. The Labute approximate surface area is 140 Å². The molecular weight excluding hydrogens is 302 g/mol. The third-order valence-corrected chi connectivity index (χ3v) is 3.80. The zero-order valence-corrected chi connectivity index (χ0v) is 13.3. The van der Waals surface area contributed by atoms with Gasteiger partial charge in [-0.05, 0) is 42.7 Å². The smallest absolute Gasteiger partial charge is 0.303 e. The van der Waals surface area contributed by atoms with Crippen molar-refractivity contribution in [1.29, 1.82) is 0 Å². The van der Waals surface area contributed by atoms with Crippen molar-refractivity contribution in [3.63, 3.8) is 0 Å². The van der Waals surface area contributed by atoms with Crippen molar-refractivity contribution in [1.82, 2.24) is 4.98 Å². The van der Waals surface area contributed by atoms with Gasteiger partial charge in [-0.1, -0.05) is 36.4 Å². The van der Waals surface area contributed by atoms with Gasteiger partial charge in [-0.15, -0.1) is 0 Å². The minimum Gasteiger partial charge on any atom is -0.487 e. The fourth-order valence-electron chi connectivity index (χ4n) is 2.58. The van der Waals surface area contributed by atoms with Gasteiger partial charge in [-0.3, -0.25) is 4.79 Å². The molecule has 0 atom stereocenters. The largest absolute Gasteiger partial charge is 0.487 e. The molecular formula is C20H19NO3. The number of rotatable bonds is 7. The quantitative estimate of drug-likeness (QED) is 0.708. The number of aromatic nitrogens is 1. The van der Waals surface area contributed by atoms with E-state index in [0.717, 1.165) is 34.3 Å². The molecule has 0 aliphatic rings. The first-order valence-corrected chi connectivity index (χ1v) is 7.99. The molecule has 4 nitrogen and oxygen atoms in total. The molecule has 0 radical (unpaired) electrons. The molecule has 0 aliphatic carbocycles. The maximum Gasteiger partial charge on any atom is 0.303 e. The number of para-hydroxylation sites is 1. The number of aliphatic carboxylic acids is 1. The molecule has 0 saturated heterocycles. The standard InChI is InChI=1S/C20H19NO3/c22-20(23)10-4-6-15-5-3-8-18(13-15)24-14-17-12-11-16-7-1-2-9-19(16)21-17/h1-3,5,7-9,11-13H,4,6,10,14H2,(H,22,23). The van der Waals surface area contributed by atoms with Crippen LogP contribution in [0.2, 0.25) is 0 Å². The number of fused-ring (bicyclic) bond motifs is 1. The minimum absolute atomic E-state index is 0.187. The Bertz CT molecular complexity index is 845. The van der Waals surface area contributed by atoms with Crippen molar-refractivity contribution in [3.8, 4) is 5.75 Å². The van der Waals surface area contributed by atoms with E-state index in [1.165, 1.54) is 0 Å². The molecule has 4 heteroatoms. The van der Waals surface area contributed by atoms with Gasteiger partial charge in [0.05, 0.1) is 11.2 Å². The van der Waals surface area contributed by atoms with Crippen molar-refractivity contribution in [3.05, 3.63) is 71.9 Å². The van der Waals surface area contributed by atoms with Crippen molar-refractivity contribution in [2.24, 2.45) is 0 Å². The maximum absolute atomic E-state index is 10.6. The highest BCUT2D eigenvalue weighted by Crippen LogP contribution is 2.18. The van der Waals surface area contributed by atoms with Gasteiger partial charge in [0, 0.05) is 11.8 Å². The van der Waals surface area contributed by atoms with Crippen molar-refractivity contribution in [2.75, 3.05) is 0 Å². The van der Waals surface area contributed by atoms with Crippen LogP contribution in [0.5, 0.6) is 5.75 Å². The van der Waals surface area contributed by atoms with Crippen LogP contribution in [0.4, 0.5) is 0 Å². The van der Waals surface area contributed by atoms with Crippen LogP contribution in [0.25, 0.3) is 10.9 Å². The van der Waals surface area contributed by atoms with Gasteiger partial charge < -0.3 is 9.84 Å². The molecule has 24 heavy (non-hydrogen) atoms. The summed E-state index contributed by atoms with van der Waals surface area (Å²) in [5, 5.41) is 9.81. The molecule has 0 amide bonds. The van der Waals surface area contributed by atoms with Gasteiger partial charge in [-0.2, -0.15) is 0 Å². The number of hydrogen-bond donors (Lipinski definition) is 1. The molecule has 0 fully saturated rings. The topological polar surface area (TPSA) is 59.4 Å². The van der Waals surface area contributed by atoms with E-state index in [9.17, 15) is 4.79 Å². The number of nitrogens with zero attached hydrogens (tertiary/aromatic N) is 1. The second-order valence-corrected chi connectivity index (χ2v) is 5.68. The molecule has 0 bridgehead atoms. The number of carboxylic acid groups (broad SMARTS) is 1. The summed E-state index contributed by atoms with van der Waals surface area (Å²) in [5.74, 6) is 0.0163. The van der Waals surface area contributed by atoms with Crippen LogP contribution >= 0.6 is 0 Å². The molecule has 3 aromatic rings. The molecule has 3 rings (SSSR count). The van der Waals surface area contributed by atoms with Crippen LogP contribution in [0.1, 0.15) is 24.1 Å². The first-order valence-electron chi connectivity index (χ1n) is 7.99. The van der Waals surface area contributed by atoms with E-state index in [4.69, 9.17) is 9.84 Å². The Morgan fingerprint density at radius 3 is 2.79 bits per heavy atom. The van der Waals surface area contributed by atoms with Gasteiger partial charge in [-0.25, -0.2) is 4.98 Å². The maximum atomic E-state index is 10.6. The lowest BCUT2D eigenvalue weighted by Crippen LogP contribution is -1.99. The van der Waals surface area contributed by atoms with Crippen LogP contribution < -0.4 is 4.74 Å². The first-order chi connectivity index (χ1) is 11.7. The minimum atomic E-state index is -0.759. The second-order valence-electron chi connectivity index (χ2n) is 5.68. The van der Waals surface area contributed by atoms with Crippen LogP contribution in [0, 0.1) is 0 Å². The average Bonchev–Trinajstić information content (AvgIpc) is 2.60. The third kappa shape index (κ3) is 4.32. The first kappa shape index (κ1) is 16.0. The fraction of sp³-hybridized carbons (Fsp3) is 0.200. The Kier molecular flexibility index (Phi) is 5.06. The number of pyridine rings is 1. The number of hydrogen-bond acceptors (Lipinski definition) is 3. The van der Waals surface area contributed by atoms with E-state index in [0.29, 0.717) is 13.0 Å². The van der Waals surface area contributed by atoms with Gasteiger partial charge in [0.2, 0.25) is 0 Å². The van der Waals surface area contributed by atoms with Crippen molar-refractivity contribution >= 4 is 16.9 Å². The number of benzene rings is 2. The van der Waals surface area contributed by atoms with E-state index in [2.05, 4.69) is 4.98 Å². The predicted molar refractivity (Wildman–Crippen MR) is 93.1 cm³/mol. The predicted octanol–water partition coefficient (Wildman–Crippen LogP) is 4.22. The van der Waals surface area contributed by atoms with Gasteiger partial charge in [0.1, 0.15) is 12.4 Å². The lowest BCUT2D eigenvalue weighted by Gasteiger charge is -2.08. The Morgan fingerprint density at radius 1 is 1.04 bits per heavy atom. The molecule has 1 aromatic heterocycles. The Balaban J connectivity index is 1.61. The highest BCUT2D eigenvalue weighted by molar-refractivity contribution is 5.78. The van der Waals surface area contributed by atoms with Crippen LogP contribution in [-0.4, -0.2) is 16.1 Å². The van der Waals surface area contributed by atoms with E-state index in [1.54, 1.807) is 0 Å². The number of carboxylic acids is 1. The van der Waals surface area contributed by atoms with Gasteiger partial charge in [0.15, 0.2) is 0 Å². The van der Waals surface area contributed by atoms with Crippen LogP contribution in [0.3, 0.4) is 0 Å². The fourth-order valence-corrected chi connectivity index (χ4v) is 2.58. The highest BCUT2D eigenvalue weighted by atomic mass is 16.5.